The summed E-state index contributed by atoms with van der Waals surface area (Å²) in [4.78, 5) is 30.9. The summed E-state index contributed by atoms with van der Waals surface area (Å²) in [7, 11) is 0. The van der Waals surface area contributed by atoms with E-state index in [0.717, 1.165) is 60.6 Å². The molecule has 2 atom stereocenters. The Morgan fingerprint density at radius 2 is 2.09 bits per heavy atom. The number of fused-ring (bicyclic) bond motifs is 1. The van der Waals surface area contributed by atoms with Gasteiger partial charge < -0.3 is 24.5 Å². The molecule has 0 amide bonds. The zero-order valence-corrected chi connectivity index (χ0v) is 18.9. The van der Waals surface area contributed by atoms with Gasteiger partial charge >= 0.3 is 5.97 Å². The molecule has 4 rings (SSSR count). The quantitative estimate of drug-likeness (QED) is 0.410. The number of aliphatic carboxylic acids is 1. The van der Waals surface area contributed by atoms with Crippen LogP contribution in [-0.2, 0) is 22.6 Å². The van der Waals surface area contributed by atoms with Gasteiger partial charge in [0, 0.05) is 43.6 Å². The molecule has 0 saturated carbocycles. The molecule has 4 N–H and O–H groups in total. The second-order valence-corrected chi connectivity index (χ2v) is 8.76. The molecule has 1 aliphatic heterocycles. The largest absolute Gasteiger partial charge is 0.480 e. The van der Waals surface area contributed by atoms with Crippen molar-refractivity contribution < 1.29 is 19.7 Å². The Balaban J connectivity index is 1.70. The first-order chi connectivity index (χ1) is 15.8. The molecule has 33 heavy (non-hydrogen) atoms. The number of nitrogens with zero attached hydrogens (tertiary/aromatic N) is 2. The van der Waals surface area contributed by atoms with Gasteiger partial charge in [-0.2, -0.15) is 0 Å². The Morgan fingerprint density at radius 3 is 2.76 bits per heavy atom. The van der Waals surface area contributed by atoms with Crippen molar-refractivity contribution >= 4 is 17.0 Å². The van der Waals surface area contributed by atoms with Crippen LogP contribution in [0.2, 0.25) is 0 Å². The van der Waals surface area contributed by atoms with Crippen LogP contribution in [0.25, 0.3) is 22.4 Å². The number of imidazole rings is 1. The van der Waals surface area contributed by atoms with Crippen molar-refractivity contribution in [2.45, 2.75) is 51.9 Å². The van der Waals surface area contributed by atoms with E-state index < -0.39 is 18.1 Å². The average molecular weight is 455 g/mol. The number of hydrogen-bond donors (Lipinski definition) is 4. The summed E-state index contributed by atoms with van der Waals surface area (Å²) in [5, 5.41) is 21.9. The number of H-pyrrole nitrogens is 1. The van der Waals surface area contributed by atoms with Crippen LogP contribution >= 0.6 is 0 Å². The summed E-state index contributed by atoms with van der Waals surface area (Å²) in [6.45, 7) is 5.83. The van der Waals surface area contributed by atoms with Gasteiger partial charge in [0.05, 0.1) is 17.1 Å². The molecule has 0 spiro atoms. The molecule has 176 valence electrons. The standard InChI is InChI=1S/C24H30N4O5/c1-14-9-18(12-26-23(14)30)22-27-19-10-17(11-25-21(15(2)29)24(31)32)3-4-20(19)28(22)13-16-5-7-33-8-6-16/h3-4,9-10,12,15-16,21,25,29H,5-8,11,13H2,1-2H3,(H,26,30)(H,31,32). The van der Waals surface area contributed by atoms with E-state index in [0.29, 0.717) is 11.5 Å². The van der Waals surface area contributed by atoms with Gasteiger partial charge in [0.1, 0.15) is 11.9 Å². The van der Waals surface area contributed by atoms with Crippen LogP contribution in [-0.4, -0.2) is 56.1 Å². The van der Waals surface area contributed by atoms with E-state index in [-0.39, 0.29) is 12.1 Å². The van der Waals surface area contributed by atoms with Crippen molar-refractivity contribution in [2.75, 3.05) is 13.2 Å². The zero-order chi connectivity index (χ0) is 23.5. The number of aliphatic hydroxyl groups is 1. The number of hydrogen-bond acceptors (Lipinski definition) is 6. The number of carbonyl (C=O) groups is 1. The first-order valence-electron chi connectivity index (χ1n) is 11.2. The molecule has 0 bridgehead atoms. The minimum Gasteiger partial charge on any atom is -0.480 e. The van der Waals surface area contributed by atoms with Gasteiger partial charge in [0.25, 0.3) is 5.56 Å². The average Bonchev–Trinajstić information content (AvgIpc) is 3.13. The molecule has 2 unspecified atom stereocenters. The molecule has 0 radical (unpaired) electrons. The van der Waals surface area contributed by atoms with Crippen molar-refractivity contribution in [3.8, 4) is 11.4 Å². The highest BCUT2D eigenvalue weighted by Crippen LogP contribution is 2.28. The van der Waals surface area contributed by atoms with Crippen molar-refractivity contribution in [3.05, 3.63) is 51.9 Å². The monoisotopic (exact) mass is 454 g/mol. The molecular formula is C24H30N4O5. The molecule has 1 aliphatic rings. The summed E-state index contributed by atoms with van der Waals surface area (Å²) in [6.07, 6.45) is 2.66. The fourth-order valence-electron chi connectivity index (χ4n) is 4.30. The molecule has 0 aliphatic carbocycles. The summed E-state index contributed by atoms with van der Waals surface area (Å²) < 4.78 is 7.71. The number of aliphatic hydroxyl groups excluding tert-OH is 1. The predicted octanol–water partition coefficient (Wildman–Crippen LogP) is 2.05. The number of carboxylic acid groups (broad SMARTS) is 1. The van der Waals surface area contributed by atoms with E-state index in [1.807, 2.05) is 24.3 Å². The van der Waals surface area contributed by atoms with Gasteiger partial charge in [-0.3, -0.25) is 14.9 Å². The van der Waals surface area contributed by atoms with Crippen molar-refractivity contribution in [1.82, 2.24) is 19.9 Å². The Hall–Kier alpha value is -3.01. The highest BCUT2D eigenvalue weighted by Gasteiger charge is 2.23. The van der Waals surface area contributed by atoms with Crippen LogP contribution < -0.4 is 10.9 Å². The Kier molecular flexibility index (Phi) is 6.92. The van der Waals surface area contributed by atoms with Gasteiger partial charge in [-0.05, 0) is 56.4 Å². The molecule has 9 nitrogen and oxygen atoms in total. The minimum absolute atomic E-state index is 0.120. The third-order valence-electron chi connectivity index (χ3n) is 6.22. The summed E-state index contributed by atoms with van der Waals surface area (Å²) in [5.41, 5.74) is 3.99. The van der Waals surface area contributed by atoms with E-state index in [2.05, 4.69) is 14.9 Å². The van der Waals surface area contributed by atoms with Gasteiger partial charge in [-0.1, -0.05) is 6.07 Å². The SMILES string of the molecule is Cc1cc(-c2nc3cc(CNC(C(=O)O)C(C)O)ccc3n2CC2CCOCC2)c[nH]c1=O. The maximum absolute atomic E-state index is 11.9. The molecular weight excluding hydrogens is 424 g/mol. The van der Waals surface area contributed by atoms with Gasteiger partial charge in [0.15, 0.2) is 0 Å². The number of pyridine rings is 1. The van der Waals surface area contributed by atoms with Crippen LogP contribution in [0.3, 0.4) is 0 Å². The number of aryl methyl sites for hydroxylation is 1. The number of carboxylic acids is 1. The number of ether oxygens (including phenoxy) is 1. The Labute approximate surface area is 191 Å². The van der Waals surface area contributed by atoms with Crippen LogP contribution in [0.4, 0.5) is 0 Å². The van der Waals surface area contributed by atoms with Crippen LogP contribution in [0.5, 0.6) is 0 Å². The van der Waals surface area contributed by atoms with Crippen molar-refractivity contribution in [2.24, 2.45) is 5.92 Å². The third-order valence-corrected chi connectivity index (χ3v) is 6.22. The Bertz CT molecular complexity index is 1190. The summed E-state index contributed by atoms with van der Waals surface area (Å²) >= 11 is 0. The summed E-state index contributed by atoms with van der Waals surface area (Å²) in [5.74, 6) is 0.165. The lowest BCUT2D eigenvalue weighted by Gasteiger charge is -2.23. The maximum Gasteiger partial charge on any atom is 0.323 e. The number of rotatable bonds is 8. The molecule has 1 aromatic carbocycles. The lowest BCUT2D eigenvalue weighted by molar-refractivity contribution is -0.142. The first-order valence-corrected chi connectivity index (χ1v) is 11.2. The van der Waals surface area contributed by atoms with Gasteiger partial charge in [0.2, 0.25) is 0 Å². The van der Waals surface area contributed by atoms with Crippen LogP contribution in [0.15, 0.2) is 35.3 Å². The molecule has 1 fully saturated rings. The summed E-state index contributed by atoms with van der Waals surface area (Å²) in [6, 6.07) is 6.68. The molecule has 2 aromatic heterocycles. The zero-order valence-electron chi connectivity index (χ0n) is 18.9. The Morgan fingerprint density at radius 1 is 1.33 bits per heavy atom. The van der Waals surface area contributed by atoms with Gasteiger partial charge in [-0.15, -0.1) is 0 Å². The first kappa shape index (κ1) is 23.2. The highest BCUT2D eigenvalue weighted by atomic mass is 16.5. The second kappa shape index (κ2) is 9.86. The number of benzene rings is 1. The smallest absolute Gasteiger partial charge is 0.323 e. The van der Waals surface area contributed by atoms with E-state index in [1.165, 1.54) is 6.92 Å². The van der Waals surface area contributed by atoms with Crippen molar-refractivity contribution in [1.29, 1.82) is 0 Å². The molecule has 3 heterocycles. The number of aromatic nitrogens is 3. The van der Waals surface area contributed by atoms with Crippen LogP contribution in [0, 0.1) is 12.8 Å². The number of aromatic amines is 1. The van der Waals surface area contributed by atoms with Crippen LogP contribution in [0.1, 0.15) is 30.9 Å². The normalized spacial score (nSPS) is 16.7. The third kappa shape index (κ3) is 5.16. The molecule has 1 saturated heterocycles. The van der Waals surface area contributed by atoms with E-state index in [9.17, 15) is 19.8 Å². The molecule has 3 aromatic rings. The van der Waals surface area contributed by atoms with Crippen molar-refractivity contribution in [3.63, 3.8) is 0 Å². The topological polar surface area (TPSA) is 129 Å². The lowest BCUT2D eigenvalue weighted by atomic mass is 10.00. The fourth-order valence-corrected chi connectivity index (χ4v) is 4.30. The van der Waals surface area contributed by atoms with E-state index in [1.54, 1.807) is 13.1 Å². The lowest BCUT2D eigenvalue weighted by Crippen LogP contribution is -2.44. The maximum atomic E-state index is 11.9. The van der Waals surface area contributed by atoms with E-state index >= 15 is 0 Å². The minimum atomic E-state index is -1.09. The fraction of sp³-hybridized carbons (Fsp3) is 0.458. The molecule has 9 heteroatoms. The van der Waals surface area contributed by atoms with Gasteiger partial charge in [-0.25, -0.2) is 4.98 Å². The highest BCUT2D eigenvalue weighted by molar-refractivity contribution is 5.81. The predicted molar refractivity (Wildman–Crippen MR) is 124 cm³/mol. The van der Waals surface area contributed by atoms with E-state index in [4.69, 9.17) is 9.72 Å². The number of nitrogens with one attached hydrogen (secondary N) is 2. The second-order valence-electron chi connectivity index (χ2n) is 8.76.